The van der Waals surface area contributed by atoms with Crippen LogP contribution in [0, 0.1) is 0 Å². The number of allylic oxidation sites excluding steroid dienone is 1. The highest BCUT2D eigenvalue weighted by atomic mass is 14.5. The second kappa shape index (κ2) is 5.36. The van der Waals surface area contributed by atoms with Crippen LogP contribution >= 0.6 is 0 Å². The Balaban J connectivity index is 2.31. The van der Waals surface area contributed by atoms with Crippen LogP contribution in [0.25, 0.3) is 0 Å². The molecule has 1 aliphatic carbocycles. The van der Waals surface area contributed by atoms with E-state index in [9.17, 15) is 0 Å². The Hall–Kier alpha value is -0.300. The van der Waals surface area contributed by atoms with E-state index in [4.69, 9.17) is 5.73 Å². The van der Waals surface area contributed by atoms with Crippen molar-refractivity contribution in [1.29, 1.82) is 0 Å². The molecule has 0 bridgehead atoms. The van der Waals surface area contributed by atoms with Crippen LogP contribution in [0.15, 0.2) is 11.6 Å². The summed E-state index contributed by atoms with van der Waals surface area (Å²) < 4.78 is 0. The van der Waals surface area contributed by atoms with Crippen LogP contribution in [0.5, 0.6) is 0 Å². The molecule has 1 aliphatic rings. The first-order chi connectivity index (χ1) is 5.43. The zero-order valence-electron chi connectivity index (χ0n) is 7.31. The Morgan fingerprint density at radius 3 is 2.09 bits per heavy atom. The van der Waals surface area contributed by atoms with Gasteiger partial charge in [0.25, 0.3) is 0 Å². The van der Waals surface area contributed by atoms with Gasteiger partial charge in [-0.2, -0.15) is 0 Å². The van der Waals surface area contributed by atoms with Crippen molar-refractivity contribution in [3.8, 4) is 0 Å². The molecule has 0 spiro atoms. The van der Waals surface area contributed by atoms with E-state index in [1.165, 1.54) is 44.9 Å². The minimum atomic E-state index is 0.731. The van der Waals surface area contributed by atoms with Crippen LogP contribution in [0.4, 0.5) is 0 Å². The predicted octanol–water partition coefficient (Wildman–Crippen LogP) is 2.62. The fraction of sp³-hybridized carbons (Fsp3) is 0.800. The first kappa shape index (κ1) is 8.79. The molecule has 0 atom stereocenters. The summed E-state index contributed by atoms with van der Waals surface area (Å²) in [6, 6.07) is 0. The lowest BCUT2D eigenvalue weighted by atomic mass is 9.96. The summed E-state index contributed by atoms with van der Waals surface area (Å²) in [5, 5.41) is 0. The average Bonchev–Trinajstić information content (AvgIpc) is 1.94. The van der Waals surface area contributed by atoms with Crippen molar-refractivity contribution in [2.75, 3.05) is 6.54 Å². The second-order valence-electron chi connectivity index (χ2n) is 3.37. The zero-order chi connectivity index (χ0) is 7.94. The molecule has 0 heterocycles. The molecule has 2 N–H and O–H groups in total. The maximum Gasteiger partial charge on any atom is 0.0109 e. The maximum absolute atomic E-state index is 5.47. The molecule has 1 fully saturated rings. The summed E-state index contributed by atoms with van der Waals surface area (Å²) in [5.41, 5.74) is 7.08. The molecule has 0 aliphatic heterocycles. The number of hydrogen-bond donors (Lipinski definition) is 1. The van der Waals surface area contributed by atoms with Gasteiger partial charge in [-0.15, -0.1) is 0 Å². The lowest BCUT2D eigenvalue weighted by Crippen LogP contribution is -1.98. The van der Waals surface area contributed by atoms with Gasteiger partial charge in [-0.25, -0.2) is 0 Å². The molecule has 64 valence electrons. The molecule has 0 saturated heterocycles. The summed E-state index contributed by atoms with van der Waals surface area (Å²) in [7, 11) is 0. The van der Waals surface area contributed by atoms with Crippen molar-refractivity contribution < 1.29 is 0 Å². The van der Waals surface area contributed by atoms with Crippen LogP contribution in [0.1, 0.15) is 44.9 Å². The predicted molar refractivity (Wildman–Crippen MR) is 49.5 cm³/mol. The van der Waals surface area contributed by atoms with E-state index in [0.717, 1.165) is 6.54 Å². The minimum Gasteiger partial charge on any atom is -0.327 e. The summed E-state index contributed by atoms with van der Waals surface area (Å²) in [6.45, 7) is 0.731. The summed E-state index contributed by atoms with van der Waals surface area (Å²) in [4.78, 5) is 0. The van der Waals surface area contributed by atoms with E-state index in [-0.39, 0.29) is 0 Å². The van der Waals surface area contributed by atoms with Crippen LogP contribution in [0.3, 0.4) is 0 Å². The monoisotopic (exact) mass is 153 g/mol. The Labute approximate surface area is 69.7 Å². The highest BCUT2D eigenvalue weighted by molar-refractivity contribution is 5.03. The molecule has 1 rings (SSSR count). The molecule has 0 unspecified atom stereocenters. The zero-order valence-corrected chi connectivity index (χ0v) is 7.31. The maximum atomic E-state index is 5.47. The van der Waals surface area contributed by atoms with E-state index >= 15 is 0 Å². The Morgan fingerprint density at radius 1 is 1.00 bits per heavy atom. The van der Waals surface area contributed by atoms with Crippen LogP contribution in [0.2, 0.25) is 0 Å². The minimum absolute atomic E-state index is 0.731. The van der Waals surface area contributed by atoms with E-state index in [0.29, 0.717) is 0 Å². The Kier molecular flexibility index (Phi) is 4.29. The van der Waals surface area contributed by atoms with E-state index in [1.54, 1.807) is 5.57 Å². The molecule has 0 amide bonds. The molecular formula is C10H19N. The Bertz CT molecular complexity index is 117. The summed E-state index contributed by atoms with van der Waals surface area (Å²) in [6.07, 6.45) is 11.9. The normalized spacial score (nSPS) is 20.6. The van der Waals surface area contributed by atoms with Crippen molar-refractivity contribution in [3.05, 3.63) is 11.6 Å². The van der Waals surface area contributed by atoms with Crippen LogP contribution < -0.4 is 5.73 Å². The van der Waals surface area contributed by atoms with Gasteiger partial charge in [-0.05, 0) is 25.7 Å². The van der Waals surface area contributed by atoms with E-state index in [2.05, 4.69) is 6.08 Å². The highest BCUT2D eigenvalue weighted by Crippen LogP contribution is 2.20. The van der Waals surface area contributed by atoms with Crippen molar-refractivity contribution in [2.45, 2.75) is 44.9 Å². The van der Waals surface area contributed by atoms with Gasteiger partial charge in [0.1, 0.15) is 0 Å². The molecule has 0 aromatic carbocycles. The van der Waals surface area contributed by atoms with Crippen molar-refractivity contribution in [1.82, 2.24) is 0 Å². The summed E-state index contributed by atoms with van der Waals surface area (Å²) >= 11 is 0. The molecular weight excluding hydrogens is 134 g/mol. The van der Waals surface area contributed by atoms with E-state index < -0.39 is 0 Å². The third kappa shape index (κ3) is 3.57. The van der Waals surface area contributed by atoms with Gasteiger partial charge >= 0.3 is 0 Å². The fourth-order valence-electron chi connectivity index (χ4n) is 1.73. The largest absolute Gasteiger partial charge is 0.327 e. The van der Waals surface area contributed by atoms with Crippen molar-refractivity contribution in [3.63, 3.8) is 0 Å². The van der Waals surface area contributed by atoms with Gasteiger partial charge in [0, 0.05) is 6.54 Å². The lowest BCUT2D eigenvalue weighted by molar-refractivity contribution is 0.567. The third-order valence-electron chi connectivity index (χ3n) is 2.40. The van der Waals surface area contributed by atoms with Gasteiger partial charge in [0.15, 0.2) is 0 Å². The van der Waals surface area contributed by atoms with Gasteiger partial charge in [0.2, 0.25) is 0 Å². The first-order valence-electron chi connectivity index (χ1n) is 4.81. The third-order valence-corrected chi connectivity index (χ3v) is 2.40. The standard InChI is InChI=1S/C10H19N/c11-9-8-10-6-4-2-1-3-5-7-10/h8H,1-7,9,11H2. The highest BCUT2D eigenvalue weighted by Gasteiger charge is 2.01. The number of rotatable bonds is 1. The number of hydrogen-bond acceptors (Lipinski definition) is 1. The average molecular weight is 153 g/mol. The lowest BCUT2D eigenvalue weighted by Gasteiger charge is -2.11. The molecule has 11 heavy (non-hydrogen) atoms. The summed E-state index contributed by atoms with van der Waals surface area (Å²) in [5.74, 6) is 0. The van der Waals surface area contributed by atoms with Crippen LogP contribution in [-0.2, 0) is 0 Å². The van der Waals surface area contributed by atoms with Crippen LogP contribution in [-0.4, -0.2) is 6.54 Å². The molecule has 0 aromatic rings. The van der Waals surface area contributed by atoms with Gasteiger partial charge in [-0.3, -0.25) is 0 Å². The second-order valence-corrected chi connectivity index (χ2v) is 3.37. The molecule has 1 nitrogen and oxygen atoms in total. The topological polar surface area (TPSA) is 26.0 Å². The fourth-order valence-corrected chi connectivity index (χ4v) is 1.73. The van der Waals surface area contributed by atoms with Gasteiger partial charge in [-0.1, -0.05) is 30.9 Å². The SMILES string of the molecule is NCC=C1CCCCCCC1. The molecule has 1 saturated carbocycles. The van der Waals surface area contributed by atoms with E-state index in [1.807, 2.05) is 0 Å². The van der Waals surface area contributed by atoms with Crippen molar-refractivity contribution >= 4 is 0 Å². The number of nitrogens with two attached hydrogens (primary N) is 1. The molecule has 1 heteroatoms. The molecule has 0 aromatic heterocycles. The Morgan fingerprint density at radius 2 is 1.55 bits per heavy atom. The van der Waals surface area contributed by atoms with Gasteiger partial charge < -0.3 is 5.73 Å². The van der Waals surface area contributed by atoms with Gasteiger partial charge in [0.05, 0.1) is 0 Å². The molecule has 0 radical (unpaired) electrons. The smallest absolute Gasteiger partial charge is 0.0109 e. The quantitative estimate of drug-likeness (QED) is 0.576. The first-order valence-corrected chi connectivity index (χ1v) is 4.81. The van der Waals surface area contributed by atoms with Crippen molar-refractivity contribution in [2.24, 2.45) is 5.73 Å².